The largest absolute Gasteiger partial charge is 0.477 e. The lowest BCUT2D eigenvalue weighted by Gasteiger charge is -2.23. The summed E-state index contributed by atoms with van der Waals surface area (Å²) in [6, 6.07) is -0.296. The Labute approximate surface area is 129 Å². The number of hydrogen-bond donors (Lipinski definition) is 2. The van der Waals surface area contributed by atoms with Gasteiger partial charge < -0.3 is 10.0 Å². The number of thiophene rings is 1. The van der Waals surface area contributed by atoms with Gasteiger partial charge in [-0.1, -0.05) is 13.8 Å². The summed E-state index contributed by atoms with van der Waals surface area (Å²) in [6.45, 7) is 9.65. The zero-order valence-electron chi connectivity index (χ0n) is 12.7. The van der Waals surface area contributed by atoms with Gasteiger partial charge in [0, 0.05) is 12.6 Å². The van der Waals surface area contributed by atoms with Crippen molar-refractivity contribution in [3.05, 3.63) is 15.8 Å². The summed E-state index contributed by atoms with van der Waals surface area (Å²) in [5, 5.41) is 10.7. The molecule has 0 aliphatic carbocycles. The Bertz CT molecular complexity index is 591. The molecule has 6 nitrogen and oxygen atoms in total. The second-order valence-electron chi connectivity index (χ2n) is 4.89. The lowest BCUT2D eigenvalue weighted by atomic mass is 10.3. The molecule has 2 N–H and O–H groups in total. The van der Waals surface area contributed by atoms with Crippen LogP contribution in [-0.2, 0) is 10.0 Å². The molecule has 1 atom stereocenters. The lowest BCUT2D eigenvalue weighted by Crippen LogP contribution is -2.42. The van der Waals surface area contributed by atoms with Crippen molar-refractivity contribution in [3.63, 3.8) is 0 Å². The monoisotopic (exact) mass is 334 g/mol. The Balaban J connectivity index is 2.97. The van der Waals surface area contributed by atoms with Crippen LogP contribution in [0.5, 0.6) is 0 Å². The molecule has 0 bridgehead atoms. The first-order chi connectivity index (χ1) is 9.72. The van der Waals surface area contributed by atoms with Crippen LogP contribution < -0.4 is 4.72 Å². The molecule has 0 aromatic carbocycles. The van der Waals surface area contributed by atoms with Crippen molar-refractivity contribution in [2.45, 2.75) is 38.6 Å². The molecule has 0 aliphatic rings. The third kappa shape index (κ3) is 4.50. The molecule has 0 aliphatic heterocycles. The van der Waals surface area contributed by atoms with E-state index < -0.39 is 16.0 Å². The highest BCUT2D eigenvalue weighted by Gasteiger charge is 2.28. The minimum atomic E-state index is -3.83. The maximum Gasteiger partial charge on any atom is 0.347 e. The quantitative estimate of drug-likeness (QED) is 0.756. The minimum Gasteiger partial charge on any atom is -0.477 e. The van der Waals surface area contributed by atoms with Crippen molar-refractivity contribution in [1.82, 2.24) is 9.62 Å². The topological polar surface area (TPSA) is 86.7 Å². The predicted molar refractivity (Wildman–Crippen MR) is 83.6 cm³/mol. The molecular weight excluding hydrogens is 312 g/mol. The van der Waals surface area contributed by atoms with Crippen LogP contribution in [-0.4, -0.2) is 50.1 Å². The van der Waals surface area contributed by atoms with Gasteiger partial charge in [-0.15, -0.1) is 11.3 Å². The molecule has 0 saturated heterocycles. The maximum absolute atomic E-state index is 12.4. The van der Waals surface area contributed by atoms with Gasteiger partial charge in [-0.05, 0) is 37.9 Å². The van der Waals surface area contributed by atoms with Crippen LogP contribution in [0.4, 0.5) is 0 Å². The summed E-state index contributed by atoms with van der Waals surface area (Å²) in [6.07, 6.45) is 0. The van der Waals surface area contributed by atoms with Crippen LogP contribution in [0, 0.1) is 6.92 Å². The molecule has 1 heterocycles. The van der Waals surface area contributed by atoms with Gasteiger partial charge in [0.15, 0.2) is 0 Å². The number of carbonyl (C=O) groups is 1. The van der Waals surface area contributed by atoms with E-state index in [9.17, 15) is 13.2 Å². The third-order valence-corrected chi connectivity index (χ3v) is 6.16. The number of sulfonamides is 1. The van der Waals surface area contributed by atoms with E-state index in [0.717, 1.165) is 24.4 Å². The molecule has 1 rings (SSSR count). The molecule has 0 amide bonds. The molecule has 1 aromatic heterocycles. The van der Waals surface area contributed by atoms with Crippen LogP contribution in [0.1, 0.15) is 36.0 Å². The van der Waals surface area contributed by atoms with E-state index in [1.807, 2.05) is 13.8 Å². The molecule has 1 aromatic rings. The zero-order chi connectivity index (χ0) is 16.2. The first-order valence-electron chi connectivity index (χ1n) is 6.78. The van der Waals surface area contributed by atoms with Crippen LogP contribution >= 0.6 is 11.3 Å². The van der Waals surface area contributed by atoms with Crippen LogP contribution in [0.3, 0.4) is 0 Å². The van der Waals surface area contributed by atoms with Gasteiger partial charge in [0.2, 0.25) is 10.0 Å². The Kier molecular flexibility index (Phi) is 6.33. The molecule has 0 spiro atoms. The highest BCUT2D eigenvalue weighted by atomic mass is 32.2. The van der Waals surface area contributed by atoms with E-state index in [1.54, 1.807) is 19.2 Å². The number of carboxylic acid groups (broad SMARTS) is 1. The number of hydrogen-bond acceptors (Lipinski definition) is 5. The van der Waals surface area contributed by atoms with E-state index >= 15 is 0 Å². The van der Waals surface area contributed by atoms with Crippen molar-refractivity contribution >= 4 is 27.3 Å². The lowest BCUT2D eigenvalue weighted by molar-refractivity contribution is 0.0698. The van der Waals surface area contributed by atoms with Crippen LogP contribution in [0.25, 0.3) is 0 Å². The smallest absolute Gasteiger partial charge is 0.347 e. The maximum atomic E-state index is 12.4. The number of rotatable bonds is 8. The highest BCUT2D eigenvalue weighted by Crippen LogP contribution is 2.26. The Morgan fingerprint density at radius 1 is 1.43 bits per heavy atom. The van der Waals surface area contributed by atoms with E-state index in [2.05, 4.69) is 9.62 Å². The fraction of sp³-hybridized carbons (Fsp3) is 0.615. The standard InChI is InChI=1S/C13H22N2O4S2/c1-5-15(6-2)7-10(4)14-21(18,19)12-9(3)8-20-11(12)13(16)17/h8,10,14H,5-7H2,1-4H3,(H,16,17). The van der Waals surface area contributed by atoms with E-state index in [0.29, 0.717) is 12.1 Å². The highest BCUT2D eigenvalue weighted by molar-refractivity contribution is 7.89. The van der Waals surface area contributed by atoms with Gasteiger partial charge in [-0.2, -0.15) is 0 Å². The molecule has 0 radical (unpaired) electrons. The van der Waals surface area contributed by atoms with Gasteiger partial charge in [0.1, 0.15) is 9.77 Å². The zero-order valence-corrected chi connectivity index (χ0v) is 14.3. The van der Waals surface area contributed by atoms with Crippen LogP contribution in [0.15, 0.2) is 10.3 Å². The molecular formula is C13H22N2O4S2. The Morgan fingerprint density at radius 2 is 2.00 bits per heavy atom. The normalized spacial score (nSPS) is 13.6. The second kappa shape index (κ2) is 7.35. The number of carboxylic acids is 1. The van der Waals surface area contributed by atoms with Crippen LogP contribution in [0.2, 0.25) is 0 Å². The van der Waals surface area contributed by atoms with Crippen molar-refractivity contribution < 1.29 is 18.3 Å². The molecule has 120 valence electrons. The Hall–Kier alpha value is -0.960. The van der Waals surface area contributed by atoms with Crippen molar-refractivity contribution in [3.8, 4) is 0 Å². The summed E-state index contributed by atoms with van der Waals surface area (Å²) in [4.78, 5) is 13.0. The number of aryl methyl sites for hydroxylation is 1. The molecule has 1 unspecified atom stereocenters. The average molecular weight is 334 g/mol. The van der Waals surface area contributed by atoms with Crippen molar-refractivity contribution in [2.75, 3.05) is 19.6 Å². The fourth-order valence-electron chi connectivity index (χ4n) is 2.15. The molecule has 0 fully saturated rings. The average Bonchev–Trinajstić information content (AvgIpc) is 2.78. The van der Waals surface area contributed by atoms with E-state index in [-0.39, 0.29) is 15.8 Å². The summed E-state index contributed by atoms with van der Waals surface area (Å²) < 4.78 is 27.4. The van der Waals surface area contributed by atoms with Gasteiger partial charge in [-0.3, -0.25) is 0 Å². The predicted octanol–water partition coefficient (Wildman–Crippen LogP) is 1.76. The summed E-state index contributed by atoms with van der Waals surface area (Å²) >= 11 is 0.932. The van der Waals surface area contributed by atoms with Gasteiger partial charge in [0.05, 0.1) is 0 Å². The summed E-state index contributed by atoms with van der Waals surface area (Å²) in [7, 11) is -3.83. The SMILES string of the molecule is CCN(CC)CC(C)NS(=O)(=O)c1c(C)csc1C(=O)O. The first-order valence-corrected chi connectivity index (χ1v) is 9.15. The number of likely N-dealkylation sites (N-methyl/N-ethyl adjacent to an activating group) is 1. The number of nitrogens with one attached hydrogen (secondary N) is 1. The second-order valence-corrected chi connectivity index (χ2v) is 7.42. The fourth-order valence-corrected chi connectivity index (χ4v) is 5.01. The Morgan fingerprint density at radius 3 is 2.48 bits per heavy atom. The minimum absolute atomic E-state index is 0.119. The molecule has 21 heavy (non-hydrogen) atoms. The van der Waals surface area contributed by atoms with Gasteiger partial charge in [0.25, 0.3) is 0 Å². The summed E-state index contributed by atoms with van der Waals surface area (Å²) in [5.41, 5.74) is 0.458. The van der Waals surface area contributed by atoms with Crippen molar-refractivity contribution in [1.29, 1.82) is 0 Å². The molecule has 0 saturated carbocycles. The van der Waals surface area contributed by atoms with Gasteiger partial charge >= 0.3 is 5.97 Å². The third-order valence-electron chi connectivity index (χ3n) is 3.16. The molecule has 8 heteroatoms. The van der Waals surface area contributed by atoms with E-state index in [4.69, 9.17) is 5.11 Å². The van der Waals surface area contributed by atoms with Gasteiger partial charge in [-0.25, -0.2) is 17.9 Å². The summed E-state index contributed by atoms with van der Waals surface area (Å²) in [5.74, 6) is -1.22. The number of nitrogens with zero attached hydrogens (tertiary/aromatic N) is 1. The number of aromatic carboxylic acids is 1. The van der Waals surface area contributed by atoms with E-state index in [1.165, 1.54) is 0 Å². The van der Waals surface area contributed by atoms with Crippen molar-refractivity contribution in [2.24, 2.45) is 0 Å². The first kappa shape index (κ1) is 18.1.